The summed E-state index contributed by atoms with van der Waals surface area (Å²) in [4.78, 5) is 34.8. The molecule has 0 unspecified atom stereocenters. The predicted molar refractivity (Wildman–Crippen MR) is 68.6 cm³/mol. The number of aliphatic carboxylic acids is 1. The highest BCUT2D eigenvalue weighted by Crippen LogP contribution is 2.29. The number of rotatable bonds is 5. The van der Waals surface area contributed by atoms with Crippen molar-refractivity contribution in [3.8, 4) is 11.3 Å². The van der Waals surface area contributed by atoms with Gasteiger partial charge in [0.15, 0.2) is 18.6 Å². The van der Waals surface area contributed by atoms with E-state index in [4.69, 9.17) is 5.11 Å². The van der Waals surface area contributed by atoms with Crippen LogP contribution in [0, 0.1) is 20.2 Å². The van der Waals surface area contributed by atoms with E-state index in [2.05, 4.69) is 4.98 Å². The SMILES string of the molecule is O=C(O)Cn1cnc(-c2ccc([N+](=O)[O-])cc2)c1[N+](=O)[O-]. The molecule has 0 saturated carbocycles. The van der Waals surface area contributed by atoms with Crippen LogP contribution in [0.15, 0.2) is 30.6 Å². The summed E-state index contributed by atoms with van der Waals surface area (Å²) in [5.41, 5.74) is 0.0824. The maximum atomic E-state index is 11.1. The third kappa shape index (κ3) is 2.83. The van der Waals surface area contributed by atoms with Crippen LogP contribution in [0.3, 0.4) is 0 Å². The van der Waals surface area contributed by atoms with Crippen LogP contribution in [0.2, 0.25) is 0 Å². The number of non-ortho nitro benzene ring substituents is 1. The van der Waals surface area contributed by atoms with Crippen molar-refractivity contribution in [1.29, 1.82) is 0 Å². The van der Waals surface area contributed by atoms with E-state index in [1.807, 2.05) is 0 Å². The van der Waals surface area contributed by atoms with Gasteiger partial charge in [-0.3, -0.25) is 10.1 Å². The van der Waals surface area contributed by atoms with Crippen molar-refractivity contribution in [3.63, 3.8) is 0 Å². The van der Waals surface area contributed by atoms with Crippen LogP contribution >= 0.6 is 0 Å². The molecule has 1 heterocycles. The standard InChI is InChI=1S/C11H8N4O6/c16-9(17)5-13-6-12-10(11(13)15(20)21)7-1-3-8(4-2-7)14(18)19/h1-4,6H,5H2,(H,16,17). The number of carboxylic acids is 1. The van der Waals surface area contributed by atoms with Crippen LogP contribution in [-0.4, -0.2) is 30.5 Å². The Morgan fingerprint density at radius 3 is 2.29 bits per heavy atom. The number of carboxylic acid groups (broad SMARTS) is 1. The number of imidazole rings is 1. The first-order valence-electron chi connectivity index (χ1n) is 5.56. The van der Waals surface area contributed by atoms with E-state index < -0.39 is 28.2 Å². The maximum Gasteiger partial charge on any atom is 0.351 e. The molecule has 1 N–H and O–H groups in total. The minimum Gasteiger partial charge on any atom is -0.478 e. The fraction of sp³-hybridized carbons (Fsp3) is 0.0909. The Bertz CT molecular complexity index is 721. The molecule has 10 nitrogen and oxygen atoms in total. The second-order valence-corrected chi connectivity index (χ2v) is 4.00. The highest BCUT2D eigenvalue weighted by atomic mass is 16.6. The molecule has 108 valence electrons. The van der Waals surface area contributed by atoms with Gasteiger partial charge in [0.1, 0.15) is 0 Å². The lowest BCUT2D eigenvalue weighted by molar-refractivity contribution is -0.391. The number of hydrogen-bond acceptors (Lipinski definition) is 6. The maximum absolute atomic E-state index is 11.1. The van der Waals surface area contributed by atoms with Gasteiger partial charge in [-0.1, -0.05) is 0 Å². The molecule has 0 spiro atoms. The summed E-state index contributed by atoms with van der Waals surface area (Å²) < 4.78 is 0.888. The Morgan fingerprint density at radius 2 is 1.81 bits per heavy atom. The molecule has 10 heteroatoms. The molecule has 0 fully saturated rings. The molecule has 0 atom stereocenters. The molecular formula is C11H8N4O6. The molecule has 0 saturated heterocycles. The molecule has 0 radical (unpaired) electrons. The van der Waals surface area contributed by atoms with E-state index in [1.54, 1.807) is 0 Å². The van der Waals surface area contributed by atoms with Gasteiger partial charge in [-0.25, -0.2) is 14.3 Å². The topological polar surface area (TPSA) is 141 Å². The molecule has 21 heavy (non-hydrogen) atoms. The van der Waals surface area contributed by atoms with Crippen molar-refractivity contribution >= 4 is 17.5 Å². The van der Waals surface area contributed by atoms with Crippen molar-refractivity contribution in [1.82, 2.24) is 9.55 Å². The number of carbonyl (C=O) groups is 1. The Labute approximate surface area is 116 Å². The zero-order chi connectivity index (χ0) is 15.6. The van der Waals surface area contributed by atoms with Crippen LogP contribution in [0.25, 0.3) is 11.3 Å². The number of nitrogens with zero attached hydrogens (tertiary/aromatic N) is 4. The molecule has 0 aliphatic carbocycles. The first-order valence-corrected chi connectivity index (χ1v) is 5.56. The van der Waals surface area contributed by atoms with Gasteiger partial charge in [-0.15, -0.1) is 0 Å². The van der Waals surface area contributed by atoms with Gasteiger partial charge >= 0.3 is 11.8 Å². The van der Waals surface area contributed by atoms with Gasteiger partial charge in [0, 0.05) is 17.7 Å². The fourth-order valence-electron chi connectivity index (χ4n) is 1.77. The summed E-state index contributed by atoms with van der Waals surface area (Å²) in [6.07, 6.45) is 1.04. The van der Waals surface area contributed by atoms with Crippen LogP contribution in [0.5, 0.6) is 0 Å². The van der Waals surface area contributed by atoms with Gasteiger partial charge in [0.2, 0.25) is 0 Å². The number of hydrogen-bond donors (Lipinski definition) is 1. The van der Waals surface area contributed by atoms with Crippen molar-refractivity contribution in [2.75, 3.05) is 0 Å². The van der Waals surface area contributed by atoms with E-state index in [-0.39, 0.29) is 16.9 Å². The third-order valence-electron chi connectivity index (χ3n) is 2.64. The number of nitro benzene ring substituents is 1. The summed E-state index contributed by atoms with van der Waals surface area (Å²) in [5.74, 6) is -1.72. The van der Waals surface area contributed by atoms with Gasteiger partial charge in [-0.2, -0.15) is 0 Å². The van der Waals surface area contributed by atoms with Gasteiger partial charge in [0.05, 0.1) is 4.92 Å². The molecular weight excluding hydrogens is 284 g/mol. The minimum absolute atomic E-state index is 0.0452. The molecule has 2 rings (SSSR count). The van der Waals surface area contributed by atoms with E-state index >= 15 is 0 Å². The van der Waals surface area contributed by atoms with Crippen LogP contribution in [0.1, 0.15) is 0 Å². The lowest BCUT2D eigenvalue weighted by Gasteiger charge is -2.01. The fourth-order valence-corrected chi connectivity index (χ4v) is 1.77. The molecule has 0 amide bonds. The lowest BCUT2D eigenvalue weighted by atomic mass is 10.1. The minimum atomic E-state index is -1.24. The molecule has 0 bridgehead atoms. The quantitative estimate of drug-likeness (QED) is 0.649. The smallest absolute Gasteiger partial charge is 0.351 e. The normalized spacial score (nSPS) is 10.3. The second kappa shape index (κ2) is 5.36. The Balaban J connectivity index is 2.48. The molecule has 1 aromatic carbocycles. The molecule has 0 aliphatic rings. The summed E-state index contributed by atoms with van der Waals surface area (Å²) in [6.45, 7) is -0.601. The van der Waals surface area contributed by atoms with Crippen LogP contribution < -0.4 is 0 Å². The summed E-state index contributed by atoms with van der Waals surface area (Å²) >= 11 is 0. The number of aromatic nitrogens is 2. The van der Waals surface area contributed by atoms with Gasteiger partial charge in [-0.05, 0) is 17.1 Å². The Kier molecular flexibility index (Phi) is 3.61. The van der Waals surface area contributed by atoms with Crippen molar-refractivity contribution < 1.29 is 19.7 Å². The van der Waals surface area contributed by atoms with Crippen molar-refractivity contribution in [2.24, 2.45) is 0 Å². The second-order valence-electron chi connectivity index (χ2n) is 4.00. The summed E-state index contributed by atoms with van der Waals surface area (Å²) in [6, 6.07) is 5.02. The summed E-state index contributed by atoms with van der Waals surface area (Å²) in [7, 11) is 0. The summed E-state index contributed by atoms with van der Waals surface area (Å²) in [5, 5.41) is 30.3. The lowest BCUT2D eigenvalue weighted by Crippen LogP contribution is -2.10. The van der Waals surface area contributed by atoms with Crippen LogP contribution in [-0.2, 0) is 11.3 Å². The first-order chi connectivity index (χ1) is 9.90. The highest BCUT2D eigenvalue weighted by Gasteiger charge is 2.24. The van der Waals surface area contributed by atoms with Gasteiger partial charge in [0.25, 0.3) is 5.69 Å². The average Bonchev–Trinajstić information content (AvgIpc) is 2.81. The zero-order valence-electron chi connectivity index (χ0n) is 10.4. The molecule has 0 aliphatic heterocycles. The number of benzene rings is 1. The first kappa shape index (κ1) is 14.1. The predicted octanol–water partition coefficient (Wildman–Crippen LogP) is 1.45. The van der Waals surface area contributed by atoms with E-state index in [1.165, 1.54) is 24.3 Å². The van der Waals surface area contributed by atoms with Gasteiger partial charge < -0.3 is 15.2 Å². The molecule has 2 aromatic rings. The van der Waals surface area contributed by atoms with E-state index in [0.29, 0.717) is 0 Å². The average molecular weight is 292 g/mol. The van der Waals surface area contributed by atoms with Crippen molar-refractivity contribution in [3.05, 3.63) is 50.8 Å². The van der Waals surface area contributed by atoms with Crippen molar-refractivity contribution in [2.45, 2.75) is 6.54 Å². The monoisotopic (exact) mass is 292 g/mol. The molecule has 1 aromatic heterocycles. The highest BCUT2D eigenvalue weighted by molar-refractivity contribution is 5.71. The van der Waals surface area contributed by atoms with Crippen LogP contribution in [0.4, 0.5) is 11.5 Å². The zero-order valence-corrected chi connectivity index (χ0v) is 10.4. The number of nitro groups is 2. The van der Waals surface area contributed by atoms with E-state index in [9.17, 15) is 25.0 Å². The Morgan fingerprint density at radius 1 is 1.19 bits per heavy atom. The largest absolute Gasteiger partial charge is 0.478 e. The third-order valence-corrected chi connectivity index (χ3v) is 2.64. The Hall–Kier alpha value is -3.30. The van der Waals surface area contributed by atoms with E-state index in [0.717, 1.165) is 10.9 Å².